The van der Waals surface area contributed by atoms with Gasteiger partial charge in [-0.2, -0.15) is 10.2 Å². The highest BCUT2D eigenvalue weighted by Gasteiger charge is 2.15. The van der Waals surface area contributed by atoms with Gasteiger partial charge in [0.25, 0.3) is 5.56 Å². The summed E-state index contributed by atoms with van der Waals surface area (Å²) in [5.74, 6) is 0. The molecule has 3 aromatic heterocycles. The zero-order valence-electron chi connectivity index (χ0n) is 10.4. The minimum Gasteiger partial charge on any atom is -0.319 e. The van der Waals surface area contributed by atoms with Gasteiger partial charge in [-0.15, -0.1) is 0 Å². The van der Waals surface area contributed by atoms with Gasteiger partial charge in [-0.25, -0.2) is 9.20 Å². The molecule has 0 saturated carbocycles. The van der Waals surface area contributed by atoms with Gasteiger partial charge in [0.1, 0.15) is 12.8 Å². The molecule has 0 fully saturated rings. The van der Waals surface area contributed by atoms with Crippen LogP contribution in [0.2, 0.25) is 0 Å². The monoisotopic (exact) mass is 277 g/mol. The number of aromatic nitrogens is 5. The van der Waals surface area contributed by atoms with Gasteiger partial charge in [-0.3, -0.25) is 4.79 Å². The molecule has 19 heavy (non-hydrogen) atoms. The lowest BCUT2D eigenvalue weighted by Crippen LogP contribution is -2.07. The van der Waals surface area contributed by atoms with Crippen molar-refractivity contribution in [1.82, 2.24) is 24.4 Å². The lowest BCUT2D eigenvalue weighted by Gasteiger charge is -2.01. The van der Waals surface area contributed by atoms with Crippen molar-refractivity contribution in [3.05, 3.63) is 41.2 Å². The van der Waals surface area contributed by atoms with E-state index >= 15 is 0 Å². The Labute approximate surface area is 108 Å². The van der Waals surface area contributed by atoms with Crippen LogP contribution < -0.4 is 10.9 Å². The highest BCUT2D eigenvalue weighted by atomic mass is 31.2. The van der Waals surface area contributed by atoms with E-state index in [1.165, 1.54) is 6.07 Å². The van der Waals surface area contributed by atoms with Gasteiger partial charge < -0.3 is 9.55 Å². The molecule has 0 amide bonds. The van der Waals surface area contributed by atoms with Crippen LogP contribution in [0.3, 0.4) is 0 Å². The fourth-order valence-electron chi connectivity index (χ4n) is 1.77. The first-order valence-corrected chi connectivity index (χ1v) is 8.22. The zero-order chi connectivity index (χ0) is 13.6. The fraction of sp³-hybridized carbons (Fsp3) is 0.182. The number of nitrogens with zero attached hydrogens (tertiary/aromatic N) is 4. The van der Waals surface area contributed by atoms with Gasteiger partial charge in [-0.1, -0.05) is 0 Å². The number of hydrogen-bond acceptors (Lipinski definition) is 4. The third-order valence-corrected chi connectivity index (χ3v) is 4.30. The summed E-state index contributed by atoms with van der Waals surface area (Å²) in [6.07, 6.45) is 6.44. The first-order chi connectivity index (χ1) is 8.95. The predicted octanol–water partition coefficient (Wildman–Crippen LogP) is 0.456. The summed E-state index contributed by atoms with van der Waals surface area (Å²) in [5.41, 5.74) is 0.972. The van der Waals surface area contributed by atoms with Crippen LogP contribution in [0.25, 0.3) is 11.3 Å². The van der Waals surface area contributed by atoms with E-state index in [4.69, 9.17) is 0 Å². The Balaban J connectivity index is 2.19. The van der Waals surface area contributed by atoms with Crippen LogP contribution in [-0.2, 0) is 4.57 Å². The Kier molecular flexibility index (Phi) is 2.46. The third-order valence-electron chi connectivity index (χ3n) is 2.82. The molecule has 0 aliphatic heterocycles. The molecule has 0 saturated heterocycles. The van der Waals surface area contributed by atoms with E-state index in [1.807, 2.05) is 0 Å². The molecule has 3 heterocycles. The molecule has 3 aromatic rings. The fourth-order valence-corrected chi connectivity index (χ4v) is 2.49. The summed E-state index contributed by atoms with van der Waals surface area (Å²) < 4.78 is 15.1. The molecule has 0 aromatic carbocycles. The van der Waals surface area contributed by atoms with Gasteiger partial charge in [0.05, 0.1) is 12.4 Å². The molecule has 0 spiro atoms. The highest BCUT2D eigenvalue weighted by Crippen LogP contribution is 2.34. The van der Waals surface area contributed by atoms with E-state index in [2.05, 4.69) is 15.2 Å². The van der Waals surface area contributed by atoms with E-state index in [9.17, 15) is 9.36 Å². The summed E-state index contributed by atoms with van der Waals surface area (Å²) >= 11 is 0. The maximum absolute atomic E-state index is 12.0. The van der Waals surface area contributed by atoms with Gasteiger partial charge in [0, 0.05) is 23.8 Å². The van der Waals surface area contributed by atoms with Crippen molar-refractivity contribution in [2.24, 2.45) is 0 Å². The number of nitrogens with one attached hydrogen (secondary N) is 1. The van der Waals surface area contributed by atoms with Crippen molar-refractivity contribution in [3.63, 3.8) is 0 Å². The maximum Gasteiger partial charge on any atom is 0.251 e. The van der Waals surface area contributed by atoms with E-state index < -0.39 is 7.14 Å². The lowest BCUT2D eigenvalue weighted by molar-refractivity contribution is 0.588. The Morgan fingerprint density at radius 1 is 1.26 bits per heavy atom. The van der Waals surface area contributed by atoms with Crippen LogP contribution in [0.4, 0.5) is 0 Å². The summed E-state index contributed by atoms with van der Waals surface area (Å²) in [6.45, 7) is 3.37. The van der Waals surface area contributed by atoms with Crippen molar-refractivity contribution < 1.29 is 4.57 Å². The van der Waals surface area contributed by atoms with Gasteiger partial charge in [0.2, 0.25) is 0 Å². The average Bonchev–Trinajstić information content (AvgIpc) is 2.92. The van der Waals surface area contributed by atoms with Crippen molar-refractivity contribution in [2.45, 2.75) is 0 Å². The quantitative estimate of drug-likeness (QED) is 0.689. The molecule has 0 bridgehead atoms. The second-order valence-corrected chi connectivity index (χ2v) is 7.84. The van der Waals surface area contributed by atoms with Crippen LogP contribution in [0.15, 0.2) is 35.6 Å². The topological polar surface area (TPSA) is 85.0 Å². The third kappa shape index (κ3) is 2.02. The van der Waals surface area contributed by atoms with Crippen molar-refractivity contribution in [2.75, 3.05) is 13.3 Å². The first kappa shape index (κ1) is 11.9. The number of H-pyrrole nitrogens is 1. The smallest absolute Gasteiger partial charge is 0.251 e. The molecule has 0 atom stereocenters. The maximum atomic E-state index is 12.0. The normalized spacial score (nSPS) is 12.1. The molecule has 7 nitrogen and oxygen atoms in total. The minimum absolute atomic E-state index is 0.210. The number of fused-ring (bicyclic) bond motifs is 1. The summed E-state index contributed by atoms with van der Waals surface area (Å²) in [5, 5.41) is 8.98. The van der Waals surface area contributed by atoms with E-state index in [-0.39, 0.29) is 5.56 Å². The largest absolute Gasteiger partial charge is 0.319 e. The van der Waals surface area contributed by atoms with Crippen molar-refractivity contribution in [3.8, 4) is 5.69 Å². The second-order valence-electron chi connectivity index (χ2n) is 4.62. The molecule has 8 heteroatoms. The molecule has 3 rings (SSSR count). The van der Waals surface area contributed by atoms with Crippen molar-refractivity contribution in [1.29, 1.82) is 0 Å². The SMILES string of the molecule is CP(C)(=O)c1cnn(-c2cnn3ccc(=O)[nH]c23)c1. The first-order valence-electron chi connectivity index (χ1n) is 5.62. The van der Waals surface area contributed by atoms with E-state index in [0.29, 0.717) is 16.6 Å². The second kappa shape index (κ2) is 3.93. The van der Waals surface area contributed by atoms with Crippen LogP contribution in [0.5, 0.6) is 0 Å². The van der Waals surface area contributed by atoms with E-state index in [0.717, 1.165) is 0 Å². The summed E-state index contributed by atoms with van der Waals surface area (Å²) in [6, 6.07) is 1.39. The Bertz CT molecular complexity index is 853. The molecule has 0 aliphatic rings. The number of rotatable bonds is 2. The Hall–Kier alpha value is -2.14. The average molecular weight is 277 g/mol. The van der Waals surface area contributed by atoms with Gasteiger partial charge in [0.15, 0.2) is 5.65 Å². The molecule has 0 aliphatic carbocycles. The highest BCUT2D eigenvalue weighted by molar-refractivity contribution is 7.70. The molecule has 98 valence electrons. The van der Waals surface area contributed by atoms with Crippen LogP contribution >= 0.6 is 7.14 Å². The van der Waals surface area contributed by atoms with Crippen LogP contribution in [-0.4, -0.2) is 37.7 Å². The molecule has 1 N–H and O–H groups in total. The van der Waals surface area contributed by atoms with Crippen LogP contribution in [0.1, 0.15) is 0 Å². The van der Waals surface area contributed by atoms with Crippen molar-refractivity contribution >= 4 is 18.1 Å². The van der Waals surface area contributed by atoms with Crippen LogP contribution in [0, 0.1) is 0 Å². The lowest BCUT2D eigenvalue weighted by atomic mass is 10.5. The summed E-state index contributed by atoms with van der Waals surface area (Å²) in [4.78, 5) is 14.1. The summed E-state index contributed by atoms with van der Waals surface area (Å²) in [7, 11) is -2.35. The molecular weight excluding hydrogens is 265 g/mol. The zero-order valence-corrected chi connectivity index (χ0v) is 11.3. The van der Waals surface area contributed by atoms with Gasteiger partial charge >= 0.3 is 0 Å². The minimum atomic E-state index is -2.35. The predicted molar refractivity (Wildman–Crippen MR) is 72.0 cm³/mol. The number of hydrogen-bond donors (Lipinski definition) is 1. The van der Waals surface area contributed by atoms with E-state index in [1.54, 1.807) is 47.3 Å². The van der Waals surface area contributed by atoms with Gasteiger partial charge in [-0.05, 0) is 13.3 Å². The molecular formula is C11H12N5O2P. The Morgan fingerprint density at radius 2 is 2.05 bits per heavy atom. The molecule has 0 unspecified atom stereocenters. The molecule has 0 radical (unpaired) electrons. The number of aromatic amines is 1. The standard InChI is InChI=1S/C11H12N5O2P/c1-19(2,18)8-5-12-16(7-8)9-6-13-15-4-3-10(17)14-11(9)15/h3-7H,1-2H3,(H,14,17). The Morgan fingerprint density at radius 3 is 2.74 bits per heavy atom.